The first-order valence-electron chi connectivity index (χ1n) is 5.79. The highest BCUT2D eigenvalue weighted by atomic mass is 32.1. The monoisotopic (exact) mass is 263 g/mol. The highest BCUT2D eigenvalue weighted by Crippen LogP contribution is 2.17. The van der Waals surface area contributed by atoms with Gasteiger partial charge in [0.25, 0.3) is 0 Å². The van der Waals surface area contributed by atoms with Gasteiger partial charge in [-0.05, 0) is 22.4 Å². The van der Waals surface area contributed by atoms with Crippen LogP contribution in [0.15, 0.2) is 22.9 Å². The molecule has 0 aliphatic rings. The van der Waals surface area contributed by atoms with Crippen molar-refractivity contribution >= 4 is 23.0 Å². The number of hydrogen-bond donors (Lipinski definition) is 3. The van der Waals surface area contributed by atoms with Gasteiger partial charge in [0.2, 0.25) is 0 Å². The average molecular weight is 263 g/mol. The van der Waals surface area contributed by atoms with Gasteiger partial charge in [-0.3, -0.25) is 0 Å². The summed E-state index contributed by atoms with van der Waals surface area (Å²) in [7, 11) is 0. The Kier molecular flexibility index (Phi) is 4.11. The Morgan fingerprint density at radius 2 is 2.11 bits per heavy atom. The van der Waals surface area contributed by atoms with Crippen LogP contribution in [-0.4, -0.2) is 9.97 Å². The van der Waals surface area contributed by atoms with Crippen molar-refractivity contribution in [2.45, 2.75) is 26.3 Å². The number of hydrazine groups is 1. The second-order valence-corrected chi connectivity index (χ2v) is 5.06. The van der Waals surface area contributed by atoms with Crippen molar-refractivity contribution < 1.29 is 0 Å². The van der Waals surface area contributed by atoms with E-state index in [1.165, 1.54) is 5.56 Å². The topological polar surface area (TPSA) is 75.9 Å². The molecule has 6 heteroatoms. The van der Waals surface area contributed by atoms with Gasteiger partial charge in [-0.1, -0.05) is 13.8 Å². The molecule has 2 aromatic heterocycles. The molecule has 0 aromatic carbocycles. The summed E-state index contributed by atoms with van der Waals surface area (Å²) in [4.78, 5) is 8.78. The molecule has 96 valence electrons. The van der Waals surface area contributed by atoms with E-state index >= 15 is 0 Å². The molecule has 0 spiro atoms. The zero-order valence-electron chi connectivity index (χ0n) is 10.5. The van der Waals surface area contributed by atoms with Crippen LogP contribution in [0, 0.1) is 0 Å². The molecule has 0 radical (unpaired) electrons. The van der Waals surface area contributed by atoms with E-state index in [-0.39, 0.29) is 5.92 Å². The van der Waals surface area contributed by atoms with Gasteiger partial charge in [-0.25, -0.2) is 15.8 Å². The summed E-state index contributed by atoms with van der Waals surface area (Å²) < 4.78 is 0. The van der Waals surface area contributed by atoms with E-state index in [0.717, 1.165) is 18.2 Å². The second kappa shape index (κ2) is 5.79. The lowest BCUT2D eigenvalue weighted by Gasteiger charge is -2.10. The summed E-state index contributed by atoms with van der Waals surface area (Å²) in [6.45, 7) is 4.86. The molecule has 0 aliphatic carbocycles. The lowest BCUT2D eigenvalue weighted by molar-refractivity contribution is 0.775. The standard InChI is InChI=1S/C12H17N5S/c1-8(2)12-15-10(5-11(16-12)17-13)14-6-9-3-4-18-7-9/h3-5,7-8H,6,13H2,1-2H3,(H2,14,15,16,17). The predicted molar refractivity (Wildman–Crippen MR) is 75.6 cm³/mol. The first-order chi connectivity index (χ1) is 8.69. The average Bonchev–Trinajstić information content (AvgIpc) is 2.89. The number of nitrogen functional groups attached to an aromatic ring is 1. The molecule has 0 saturated carbocycles. The van der Waals surface area contributed by atoms with Crippen molar-refractivity contribution in [1.82, 2.24) is 9.97 Å². The van der Waals surface area contributed by atoms with E-state index in [0.29, 0.717) is 5.82 Å². The SMILES string of the molecule is CC(C)c1nc(NN)cc(NCc2ccsc2)n1. The number of hydrogen-bond acceptors (Lipinski definition) is 6. The Morgan fingerprint density at radius 3 is 2.72 bits per heavy atom. The Balaban J connectivity index is 2.13. The molecule has 5 nitrogen and oxygen atoms in total. The molecule has 4 N–H and O–H groups in total. The van der Waals surface area contributed by atoms with Crippen LogP contribution in [0.5, 0.6) is 0 Å². The second-order valence-electron chi connectivity index (χ2n) is 4.28. The van der Waals surface area contributed by atoms with E-state index in [9.17, 15) is 0 Å². The third-order valence-electron chi connectivity index (χ3n) is 2.46. The molecule has 0 bridgehead atoms. The number of thiophene rings is 1. The molecule has 2 heterocycles. The Bertz CT molecular complexity index is 495. The molecular weight excluding hydrogens is 246 g/mol. The van der Waals surface area contributed by atoms with Crippen LogP contribution in [0.1, 0.15) is 31.2 Å². The number of rotatable bonds is 5. The van der Waals surface area contributed by atoms with E-state index in [1.807, 2.05) is 0 Å². The highest BCUT2D eigenvalue weighted by Gasteiger charge is 2.07. The largest absolute Gasteiger partial charge is 0.366 e. The number of anilines is 2. The summed E-state index contributed by atoms with van der Waals surface area (Å²) in [5, 5.41) is 7.45. The number of nitrogens with zero attached hydrogens (tertiary/aromatic N) is 2. The quantitative estimate of drug-likeness (QED) is 0.571. The van der Waals surface area contributed by atoms with E-state index in [2.05, 4.69) is 51.4 Å². The first-order valence-corrected chi connectivity index (χ1v) is 6.74. The molecule has 0 atom stereocenters. The lowest BCUT2D eigenvalue weighted by Crippen LogP contribution is -2.12. The van der Waals surface area contributed by atoms with E-state index in [1.54, 1.807) is 17.4 Å². The fourth-order valence-electron chi connectivity index (χ4n) is 1.47. The maximum absolute atomic E-state index is 5.41. The van der Waals surface area contributed by atoms with Gasteiger partial charge in [0, 0.05) is 18.5 Å². The minimum atomic E-state index is 0.264. The summed E-state index contributed by atoms with van der Waals surface area (Å²) in [5.41, 5.74) is 3.81. The Hall–Kier alpha value is -1.66. The zero-order chi connectivity index (χ0) is 13.0. The number of aromatic nitrogens is 2. The predicted octanol–water partition coefficient (Wildman–Crippen LogP) is 2.56. The third-order valence-corrected chi connectivity index (χ3v) is 3.19. The summed E-state index contributed by atoms with van der Waals surface area (Å²) in [6.07, 6.45) is 0. The minimum Gasteiger partial charge on any atom is -0.366 e. The number of nitrogens with two attached hydrogens (primary N) is 1. The van der Waals surface area contributed by atoms with Crippen LogP contribution in [0.25, 0.3) is 0 Å². The van der Waals surface area contributed by atoms with Crippen molar-refractivity contribution in [2.75, 3.05) is 10.7 Å². The summed E-state index contributed by atoms with van der Waals surface area (Å²) in [5.74, 6) is 7.86. The van der Waals surface area contributed by atoms with Gasteiger partial charge in [0.15, 0.2) is 0 Å². The first kappa shape index (κ1) is 12.8. The maximum Gasteiger partial charge on any atom is 0.145 e. The van der Waals surface area contributed by atoms with Crippen LogP contribution in [0.4, 0.5) is 11.6 Å². The summed E-state index contributed by atoms with van der Waals surface area (Å²) in [6, 6.07) is 3.89. The molecule has 0 amide bonds. The van der Waals surface area contributed by atoms with Gasteiger partial charge in [0.1, 0.15) is 17.5 Å². The molecule has 2 rings (SSSR count). The van der Waals surface area contributed by atoms with Crippen molar-refractivity contribution in [3.63, 3.8) is 0 Å². The van der Waals surface area contributed by atoms with Crippen molar-refractivity contribution in [3.05, 3.63) is 34.3 Å². The normalized spacial score (nSPS) is 10.7. The lowest BCUT2D eigenvalue weighted by atomic mass is 10.2. The van der Waals surface area contributed by atoms with Gasteiger partial charge >= 0.3 is 0 Å². The van der Waals surface area contributed by atoms with Crippen LogP contribution < -0.4 is 16.6 Å². The molecule has 0 saturated heterocycles. The fraction of sp³-hybridized carbons (Fsp3) is 0.333. The van der Waals surface area contributed by atoms with Crippen molar-refractivity contribution in [3.8, 4) is 0 Å². The van der Waals surface area contributed by atoms with Crippen LogP contribution in [-0.2, 0) is 6.54 Å². The fourth-order valence-corrected chi connectivity index (χ4v) is 2.14. The van der Waals surface area contributed by atoms with Gasteiger partial charge in [-0.15, -0.1) is 0 Å². The van der Waals surface area contributed by atoms with E-state index in [4.69, 9.17) is 5.84 Å². The van der Waals surface area contributed by atoms with Crippen LogP contribution in [0.3, 0.4) is 0 Å². The van der Waals surface area contributed by atoms with Crippen LogP contribution >= 0.6 is 11.3 Å². The Morgan fingerprint density at radius 1 is 1.33 bits per heavy atom. The maximum atomic E-state index is 5.41. The number of nitrogens with one attached hydrogen (secondary N) is 2. The van der Waals surface area contributed by atoms with Crippen LogP contribution in [0.2, 0.25) is 0 Å². The van der Waals surface area contributed by atoms with Crippen molar-refractivity contribution in [2.24, 2.45) is 5.84 Å². The molecule has 0 unspecified atom stereocenters. The molecular formula is C12H17N5S. The molecule has 2 aromatic rings. The highest BCUT2D eigenvalue weighted by molar-refractivity contribution is 7.07. The molecule has 0 fully saturated rings. The van der Waals surface area contributed by atoms with Gasteiger partial charge in [0.05, 0.1) is 0 Å². The minimum absolute atomic E-state index is 0.264. The zero-order valence-corrected chi connectivity index (χ0v) is 11.3. The molecule has 0 aliphatic heterocycles. The Labute approximate surface area is 110 Å². The van der Waals surface area contributed by atoms with E-state index < -0.39 is 0 Å². The van der Waals surface area contributed by atoms with Gasteiger partial charge in [-0.2, -0.15) is 11.3 Å². The van der Waals surface area contributed by atoms with Gasteiger partial charge < -0.3 is 10.7 Å². The smallest absolute Gasteiger partial charge is 0.145 e. The van der Waals surface area contributed by atoms with Crippen molar-refractivity contribution in [1.29, 1.82) is 0 Å². The summed E-state index contributed by atoms with van der Waals surface area (Å²) >= 11 is 1.69. The molecule has 18 heavy (non-hydrogen) atoms. The third kappa shape index (κ3) is 3.18.